The third-order valence-corrected chi connectivity index (χ3v) is 3.15. The molecule has 1 rings (SSSR count). The zero-order valence-electron chi connectivity index (χ0n) is 11.4. The van der Waals surface area contributed by atoms with E-state index in [1.165, 1.54) is 11.0 Å². The summed E-state index contributed by atoms with van der Waals surface area (Å²) in [5.41, 5.74) is 6.23. The van der Waals surface area contributed by atoms with E-state index in [1.54, 1.807) is 39.1 Å². The summed E-state index contributed by atoms with van der Waals surface area (Å²) in [6.45, 7) is 3.72. The predicted molar refractivity (Wildman–Crippen MR) is 72.4 cm³/mol. The minimum absolute atomic E-state index is 0.0237. The van der Waals surface area contributed by atoms with Crippen LogP contribution in [0.1, 0.15) is 19.4 Å². The van der Waals surface area contributed by atoms with Crippen LogP contribution < -0.4 is 5.73 Å². The Morgan fingerprint density at radius 3 is 2.53 bits per heavy atom. The number of amides is 1. The molecule has 2 N–H and O–H groups in total. The molecular weight excluding hydrogens is 246 g/mol. The van der Waals surface area contributed by atoms with Crippen LogP contribution in [0.15, 0.2) is 24.3 Å². The molecular formula is C13H19N3O3. The second-order valence-electron chi connectivity index (χ2n) is 4.73. The second kappa shape index (κ2) is 6.29. The maximum absolute atomic E-state index is 12.0. The van der Waals surface area contributed by atoms with Crippen LogP contribution in [-0.4, -0.2) is 28.8 Å². The van der Waals surface area contributed by atoms with Gasteiger partial charge in [0, 0.05) is 24.7 Å². The smallest absolute Gasteiger partial charge is 0.274 e. The molecule has 1 amide bonds. The van der Waals surface area contributed by atoms with Crippen LogP contribution in [0, 0.1) is 16.0 Å². The van der Waals surface area contributed by atoms with Crippen molar-refractivity contribution in [3.8, 4) is 0 Å². The zero-order valence-corrected chi connectivity index (χ0v) is 11.4. The molecule has 1 aromatic rings. The standard InChI is InChI=1S/C13H19N3O3/c1-9(10(2)14)13(17)15(3)8-11-6-4-5-7-12(11)16(18)19/h4-7,9-10H,8,14H2,1-3H3. The second-order valence-corrected chi connectivity index (χ2v) is 4.73. The molecule has 0 spiro atoms. The third kappa shape index (κ3) is 3.75. The number of carbonyl (C=O) groups is 1. The van der Waals surface area contributed by atoms with Gasteiger partial charge in [0.15, 0.2) is 0 Å². The summed E-state index contributed by atoms with van der Waals surface area (Å²) in [7, 11) is 1.62. The van der Waals surface area contributed by atoms with Gasteiger partial charge in [0.05, 0.1) is 17.4 Å². The molecule has 6 nitrogen and oxygen atoms in total. The molecule has 0 radical (unpaired) electrons. The van der Waals surface area contributed by atoms with E-state index in [2.05, 4.69) is 0 Å². The van der Waals surface area contributed by atoms with Crippen molar-refractivity contribution in [3.63, 3.8) is 0 Å². The highest BCUT2D eigenvalue weighted by Crippen LogP contribution is 2.19. The van der Waals surface area contributed by atoms with Crippen molar-refractivity contribution in [2.24, 2.45) is 11.7 Å². The van der Waals surface area contributed by atoms with Crippen LogP contribution in [0.5, 0.6) is 0 Å². The number of hydrogen-bond acceptors (Lipinski definition) is 4. The van der Waals surface area contributed by atoms with Gasteiger partial charge in [0.1, 0.15) is 0 Å². The Balaban J connectivity index is 2.85. The largest absolute Gasteiger partial charge is 0.341 e. The van der Waals surface area contributed by atoms with Crippen molar-refractivity contribution < 1.29 is 9.72 Å². The summed E-state index contributed by atoms with van der Waals surface area (Å²) >= 11 is 0. The third-order valence-electron chi connectivity index (χ3n) is 3.15. The normalized spacial score (nSPS) is 13.7. The monoisotopic (exact) mass is 265 g/mol. The van der Waals surface area contributed by atoms with Crippen LogP contribution >= 0.6 is 0 Å². The van der Waals surface area contributed by atoms with Crippen LogP contribution in [0.2, 0.25) is 0 Å². The topological polar surface area (TPSA) is 89.5 Å². The number of nitro groups is 1. The van der Waals surface area contributed by atoms with Crippen LogP contribution in [0.25, 0.3) is 0 Å². The maximum atomic E-state index is 12.0. The summed E-state index contributed by atoms with van der Waals surface area (Å²) in [5.74, 6) is -0.430. The van der Waals surface area contributed by atoms with Crippen LogP contribution in [0.4, 0.5) is 5.69 Å². The number of nitrogens with two attached hydrogens (primary N) is 1. The number of benzene rings is 1. The van der Waals surface area contributed by atoms with Gasteiger partial charge in [-0.05, 0) is 6.92 Å². The average molecular weight is 265 g/mol. The molecule has 0 heterocycles. The fourth-order valence-corrected chi connectivity index (χ4v) is 1.73. The molecule has 19 heavy (non-hydrogen) atoms. The Bertz CT molecular complexity index is 474. The van der Waals surface area contributed by atoms with Gasteiger partial charge in [-0.3, -0.25) is 14.9 Å². The lowest BCUT2D eigenvalue weighted by molar-refractivity contribution is -0.385. The summed E-state index contributed by atoms with van der Waals surface area (Å²) in [6, 6.07) is 6.16. The van der Waals surface area contributed by atoms with E-state index in [-0.39, 0.29) is 30.1 Å². The average Bonchev–Trinajstić information content (AvgIpc) is 2.37. The van der Waals surface area contributed by atoms with Crippen molar-refractivity contribution in [1.29, 1.82) is 0 Å². The fraction of sp³-hybridized carbons (Fsp3) is 0.462. The minimum atomic E-state index is -0.442. The highest BCUT2D eigenvalue weighted by Gasteiger charge is 2.23. The van der Waals surface area contributed by atoms with Gasteiger partial charge in [-0.15, -0.1) is 0 Å². The Kier molecular flexibility index (Phi) is 5.00. The van der Waals surface area contributed by atoms with Crippen LogP contribution in [-0.2, 0) is 11.3 Å². The lowest BCUT2D eigenvalue weighted by Crippen LogP contribution is -2.39. The fourth-order valence-electron chi connectivity index (χ4n) is 1.73. The number of nitro benzene ring substituents is 1. The first kappa shape index (κ1) is 15.1. The molecule has 0 aliphatic carbocycles. The van der Waals surface area contributed by atoms with Crippen molar-refractivity contribution in [2.75, 3.05) is 7.05 Å². The first-order valence-electron chi connectivity index (χ1n) is 6.07. The summed E-state index contributed by atoms with van der Waals surface area (Å²) in [6.07, 6.45) is 0. The molecule has 6 heteroatoms. The van der Waals surface area contributed by atoms with E-state index < -0.39 is 4.92 Å². The molecule has 0 aromatic heterocycles. The number of hydrogen-bond donors (Lipinski definition) is 1. The highest BCUT2D eigenvalue weighted by atomic mass is 16.6. The van der Waals surface area contributed by atoms with E-state index in [0.29, 0.717) is 5.56 Å². The van der Waals surface area contributed by atoms with Gasteiger partial charge in [-0.2, -0.15) is 0 Å². The Hall–Kier alpha value is -1.95. The van der Waals surface area contributed by atoms with Gasteiger partial charge < -0.3 is 10.6 Å². The van der Waals surface area contributed by atoms with Gasteiger partial charge >= 0.3 is 0 Å². The zero-order chi connectivity index (χ0) is 14.6. The first-order valence-corrected chi connectivity index (χ1v) is 6.07. The number of carbonyl (C=O) groups excluding carboxylic acids is 1. The molecule has 0 fully saturated rings. The van der Waals surface area contributed by atoms with Crippen molar-refractivity contribution in [3.05, 3.63) is 39.9 Å². The molecule has 104 valence electrons. The van der Waals surface area contributed by atoms with E-state index in [9.17, 15) is 14.9 Å². The van der Waals surface area contributed by atoms with E-state index >= 15 is 0 Å². The minimum Gasteiger partial charge on any atom is -0.341 e. The Morgan fingerprint density at radius 2 is 2.00 bits per heavy atom. The summed E-state index contributed by atoms with van der Waals surface area (Å²) < 4.78 is 0. The van der Waals surface area contributed by atoms with Crippen molar-refractivity contribution in [1.82, 2.24) is 4.90 Å². The Morgan fingerprint density at radius 1 is 1.42 bits per heavy atom. The predicted octanol–water partition coefficient (Wildman–Crippen LogP) is 1.54. The summed E-state index contributed by atoms with van der Waals surface area (Å²) in [4.78, 5) is 24.0. The molecule has 0 aliphatic rings. The molecule has 1 aromatic carbocycles. The van der Waals surface area contributed by atoms with Crippen molar-refractivity contribution >= 4 is 11.6 Å². The molecule has 2 atom stereocenters. The number of nitrogens with zero attached hydrogens (tertiary/aromatic N) is 2. The maximum Gasteiger partial charge on any atom is 0.274 e. The van der Waals surface area contributed by atoms with Gasteiger partial charge in [0.2, 0.25) is 5.91 Å². The van der Waals surface area contributed by atoms with E-state index in [0.717, 1.165) is 0 Å². The van der Waals surface area contributed by atoms with E-state index in [1.807, 2.05) is 0 Å². The van der Waals surface area contributed by atoms with Gasteiger partial charge in [-0.1, -0.05) is 25.1 Å². The highest BCUT2D eigenvalue weighted by molar-refractivity contribution is 5.79. The number of para-hydroxylation sites is 1. The molecule has 0 bridgehead atoms. The quantitative estimate of drug-likeness (QED) is 0.646. The van der Waals surface area contributed by atoms with Crippen molar-refractivity contribution in [2.45, 2.75) is 26.4 Å². The lowest BCUT2D eigenvalue weighted by atomic mass is 10.0. The summed E-state index contributed by atoms with van der Waals surface area (Å²) in [5, 5.41) is 10.9. The molecule has 2 unspecified atom stereocenters. The Labute approximate surface area is 112 Å². The first-order chi connectivity index (χ1) is 8.84. The van der Waals surface area contributed by atoms with Crippen LogP contribution in [0.3, 0.4) is 0 Å². The van der Waals surface area contributed by atoms with E-state index in [4.69, 9.17) is 5.73 Å². The van der Waals surface area contributed by atoms with Gasteiger partial charge in [-0.25, -0.2) is 0 Å². The SMILES string of the molecule is CC(N)C(C)C(=O)N(C)Cc1ccccc1[N+](=O)[O-]. The molecule has 0 saturated heterocycles. The molecule has 0 saturated carbocycles. The number of rotatable bonds is 5. The van der Waals surface area contributed by atoms with Gasteiger partial charge in [0.25, 0.3) is 5.69 Å². The molecule has 0 aliphatic heterocycles. The lowest BCUT2D eigenvalue weighted by Gasteiger charge is -2.23.